The Balaban J connectivity index is 1.18. The SMILES string of the molecule is N#Cc1ccc(N[C@@H]2CCN(C(=O)OC3C4CC5C[C@H]3C[C@@](C(N)=O)(C5)C4)C2)nc1. The van der Waals surface area contributed by atoms with Gasteiger partial charge >= 0.3 is 6.09 Å². The highest BCUT2D eigenvalue weighted by molar-refractivity contribution is 5.81. The summed E-state index contributed by atoms with van der Waals surface area (Å²) in [5.74, 6) is 1.59. The third kappa shape index (κ3) is 3.26. The third-order valence-corrected chi connectivity index (χ3v) is 7.64. The van der Waals surface area contributed by atoms with Crippen molar-refractivity contribution in [2.75, 3.05) is 18.4 Å². The van der Waals surface area contributed by atoms with E-state index in [1.165, 1.54) is 6.20 Å². The number of hydrogen-bond donors (Lipinski definition) is 2. The molecule has 6 atom stereocenters. The number of nitrogens with zero attached hydrogens (tertiary/aromatic N) is 3. The van der Waals surface area contributed by atoms with Crippen LogP contribution in [0, 0.1) is 34.5 Å². The van der Waals surface area contributed by atoms with Gasteiger partial charge in [-0.1, -0.05) is 0 Å². The predicted octanol–water partition coefficient (Wildman–Crippen LogP) is 2.26. The first-order chi connectivity index (χ1) is 14.5. The van der Waals surface area contributed by atoms with Crippen LogP contribution in [0.1, 0.15) is 44.1 Å². The van der Waals surface area contributed by atoms with Crippen LogP contribution in [0.25, 0.3) is 0 Å². The fourth-order valence-corrected chi connectivity index (χ4v) is 6.46. The van der Waals surface area contributed by atoms with E-state index in [-0.39, 0.29) is 41.4 Å². The maximum atomic E-state index is 12.9. The van der Waals surface area contributed by atoms with Crippen molar-refractivity contribution in [2.24, 2.45) is 28.9 Å². The molecule has 3 N–H and O–H groups in total. The van der Waals surface area contributed by atoms with Gasteiger partial charge in [-0.05, 0) is 68.4 Å². The van der Waals surface area contributed by atoms with Crippen molar-refractivity contribution in [3.8, 4) is 6.07 Å². The van der Waals surface area contributed by atoms with Crippen LogP contribution in [0.2, 0.25) is 0 Å². The summed E-state index contributed by atoms with van der Waals surface area (Å²) in [6.45, 7) is 1.21. The molecular weight excluding hydrogens is 382 g/mol. The molecule has 0 spiro atoms. The average Bonchev–Trinajstić information content (AvgIpc) is 3.19. The van der Waals surface area contributed by atoms with E-state index in [2.05, 4.69) is 16.4 Å². The van der Waals surface area contributed by atoms with Crippen LogP contribution in [0.15, 0.2) is 18.3 Å². The monoisotopic (exact) mass is 409 g/mol. The van der Waals surface area contributed by atoms with Crippen LogP contribution >= 0.6 is 0 Å². The molecule has 1 aromatic heterocycles. The van der Waals surface area contributed by atoms with Crippen LogP contribution in [-0.2, 0) is 9.53 Å². The van der Waals surface area contributed by atoms with Crippen molar-refractivity contribution in [3.63, 3.8) is 0 Å². The molecule has 8 heteroatoms. The van der Waals surface area contributed by atoms with Gasteiger partial charge in [-0.3, -0.25) is 4.79 Å². The smallest absolute Gasteiger partial charge is 0.410 e. The van der Waals surface area contributed by atoms with E-state index in [1.54, 1.807) is 17.0 Å². The van der Waals surface area contributed by atoms with E-state index in [4.69, 9.17) is 15.7 Å². The lowest BCUT2D eigenvalue weighted by atomic mass is 9.48. The summed E-state index contributed by atoms with van der Waals surface area (Å²) in [6.07, 6.45) is 6.54. The zero-order valence-electron chi connectivity index (χ0n) is 16.9. The highest BCUT2D eigenvalue weighted by atomic mass is 16.6. The zero-order valence-corrected chi connectivity index (χ0v) is 16.9. The molecule has 5 aliphatic rings. The summed E-state index contributed by atoms with van der Waals surface area (Å²) in [7, 11) is 0. The van der Waals surface area contributed by atoms with Gasteiger partial charge in [-0.2, -0.15) is 5.26 Å². The molecule has 3 unspecified atom stereocenters. The number of anilines is 1. The van der Waals surface area contributed by atoms with Crippen LogP contribution in [0.3, 0.4) is 0 Å². The van der Waals surface area contributed by atoms with Gasteiger partial charge in [0.05, 0.1) is 11.0 Å². The molecule has 2 heterocycles. The fourth-order valence-electron chi connectivity index (χ4n) is 6.46. The predicted molar refractivity (Wildman–Crippen MR) is 108 cm³/mol. The number of aromatic nitrogens is 1. The van der Waals surface area contributed by atoms with E-state index in [0.29, 0.717) is 30.4 Å². The van der Waals surface area contributed by atoms with Crippen LogP contribution < -0.4 is 11.1 Å². The summed E-state index contributed by atoms with van der Waals surface area (Å²) in [5.41, 5.74) is 5.90. The molecule has 0 radical (unpaired) electrons. The Kier molecular flexibility index (Phi) is 4.57. The third-order valence-electron chi connectivity index (χ3n) is 7.64. The first-order valence-corrected chi connectivity index (χ1v) is 10.8. The number of carbonyl (C=O) groups excluding carboxylic acids is 2. The molecule has 30 heavy (non-hydrogen) atoms. The van der Waals surface area contributed by atoms with Gasteiger partial charge in [0.1, 0.15) is 18.0 Å². The van der Waals surface area contributed by atoms with Gasteiger partial charge in [0, 0.05) is 25.3 Å². The number of rotatable bonds is 4. The second kappa shape index (κ2) is 7.15. The van der Waals surface area contributed by atoms with Gasteiger partial charge < -0.3 is 20.7 Å². The minimum Gasteiger partial charge on any atom is -0.446 e. The van der Waals surface area contributed by atoms with E-state index < -0.39 is 0 Å². The average molecular weight is 409 g/mol. The summed E-state index contributed by atoms with van der Waals surface area (Å²) >= 11 is 0. The number of hydrogen-bond acceptors (Lipinski definition) is 6. The number of nitrogens with one attached hydrogen (secondary N) is 1. The summed E-state index contributed by atoms with van der Waals surface area (Å²) in [6, 6.07) is 5.66. The second-order valence-electron chi connectivity index (χ2n) is 9.58. The normalized spacial score (nSPS) is 36.4. The topological polar surface area (TPSA) is 121 Å². The number of pyridine rings is 1. The molecule has 5 fully saturated rings. The van der Waals surface area contributed by atoms with Crippen LogP contribution in [-0.4, -0.2) is 47.1 Å². The summed E-state index contributed by atoms with van der Waals surface area (Å²) in [5, 5.41) is 12.2. The minimum absolute atomic E-state index is 0.0891. The van der Waals surface area contributed by atoms with Crippen LogP contribution in [0.4, 0.5) is 10.6 Å². The second-order valence-corrected chi connectivity index (χ2v) is 9.58. The molecule has 1 aromatic rings. The Morgan fingerprint density at radius 2 is 2.03 bits per heavy atom. The van der Waals surface area contributed by atoms with Crippen molar-refractivity contribution in [3.05, 3.63) is 23.9 Å². The number of nitrogens with two attached hydrogens (primary N) is 1. The lowest BCUT2D eigenvalue weighted by molar-refractivity contribution is -0.161. The minimum atomic E-state index is -0.365. The van der Waals surface area contributed by atoms with Crippen LogP contribution in [0.5, 0.6) is 0 Å². The van der Waals surface area contributed by atoms with Gasteiger partial charge in [-0.15, -0.1) is 0 Å². The molecule has 0 aromatic carbocycles. The molecular formula is C22H27N5O3. The molecule has 4 saturated carbocycles. The standard InChI is InChI=1S/C22H27N5O3/c23-10-13-1-2-18(25-11-13)26-17-3-4-27(12-17)21(29)30-19-15-5-14-6-16(19)9-22(7-14,8-15)20(24)28/h1-2,11,14-17,19H,3-9,12H2,(H2,24,28)(H,25,26)/t14?,15-,16?,17+,19?,22-/m0/s1. The Morgan fingerprint density at radius 1 is 1.27 bits per heavy atom. The highest BCUT2D eigenvalue weighted by Crippen LogP contribution is 2.60. The van der Waals surface area contributed by atoms with E-state index in [1.807, 2.05) is 0 Å². The Hall–Kier alpha value is -2.82. The molecule has 4 bridgehead atoms. The number of carbonyl (C=O) groups is 2. The quantitative estimate of drug-likeness (QED) is 0.787. The summed E-state index contributed by atoms with van der Waals surface area (Å²) < 4.78 is 6.02. The van der Waals surface area contributed by atoms with Crippen molar-refractivity contribution in [1.29, 1.82) is 5.26 Å². The molecule has 1 saturated heterocycles. The molecule has 158 valence electrons. The number of likely N-dealkylation sites (tertiary alicyclic amines) is 1. The van der Waals surface area contributed by atoms with Crippen molar-refractivity contribution < 1.29 is 14.3 Å². The molecule has 4 aliphatic carbocycles. The summed E-state index contributed by atoms with van der Waals surface area (Å²) in [4.78, 5) is 31.0. The van der Waals surface area contributed by atoms with E-state index in [0.717, 1.165) is 38.5 Å². The molecule has 6 rings (SSSR count). The van der Waals surface area contributed by atoms with E-state index >= 15 is 0 Å². The number of primary amides is 1. The number of nitriles is 1. The van der Waals surface area contributed by atoms with Gasteiger partial charge in [0.25, 0.3) is 0 Å². The zero-order chi connectivity index (χ0) is 20.9. The highest BCUT2D eigenvalue weighted by Gasteiger charge is 2.59. The Labute approximate surface area is 175 Å². The fraction of sp³-hybridized carbons (Fsp3) is 0.636. The van der Waals surface area contributed by atoms with Gasteiger partial charge in [-0.25, -0.2) is 9.78 Å². The maximum absolute atomic E-state index is 12.9. The van der Waals surface area contributed by atoms with E-state index in [9.17, 15) is 9.59 Å². The lowest BCUT2D eigenvalue weighted by Gasteiger charge is -2.58. The Bertz CT molecular complexity index is 879. The van der Waals surface area contributed by atoms with Crippen molar-refractivity contribution in [1.82, 2.24) is 9.88 Å². The van der Waals surface area contributed by atoms with Crippen molar-refractivity contribution in [2.45, 2.75) is 50.7 Å². The Morgan fingerprint density at radius 3 is 2.67 bits per heavy atom. The van der Waals surface area contributed by atoms with Gasteiger partial charge in [0.2, 0.25) is 5.91 Å². The largest absolute Gasteiger partial charge is 0.446 e. The van der Waals surface area contributed by atoms with Gasteiger partial charge in [0.15, 0.2) is 0 Å². The van der Waals surface area contributed by atoms with Crippen molar-refractivity contribution >= 4 is 17.8 Å². The maximum Gasteiger partial charge on any atom is 0.410 e. The number of amides is 2. The molecule has 1 aliphatic heterocycles. The molecule has 8 nitrogen and oxygen atoms in total. The first kappa shape index (κ1) is 19.2. The lowest BCUT2D eigenvalue weighted by Crippen LogP contribution is -2.59. The number of ether oxygens (including phenoxy) is 1. The first-order valence-electron chi connectivity index (χ1n) is 10.8. The molecule has 2 amide bonds.